The second-order valence-corrected chi connectivity index (χ2v) is 5.36. The van der Waals surface area contributed by atoms with Crippen LogP contribution in [-0.4, -0.2) is 63.4 Å². The van der Waals surface area contributed by atoms with Gasteiger partial charge in [-0.05, 0) is 32.6 Å². The van der Waals surface area contributed by atoms with Crippen molar-refractivity contribution in [2.45, 2.75) is 13.0 Å². The molecule has 4 nitrogen and oxygen atoms in total. The Balaban J connectivity index is 1.70. The van der Waals surface area contributed by atoms with Crippen molar-refractivity contribution in [2.75, 3.05) is 53.6 Å². The molecule has 0 N–H and O–H groups in total. The predicted molar refractivity (Wildman–Crippen MR) is 81.2 cm³/mol. The molecule has 1 aromatic carbocycles. The van der Waals surface area contributed by atoms with Crippen molar-refractivity contribution in [1.82, 2.24) is 9.80 Å². The first-order valence-electron chi connectivity index (χ1n) is 7.40. The van der Waals surface area contributed by atoms with Gasteiger partial charge in [0.1, 0.15) is 5.75 Å². The lowest BCUT2D eigenvalue weighted by Gasteiger charge is -2.27. The highest BCUT2D eigenvalue weighted by atomic mass is 16.5. The van der Waals surface area contributed by atoms with Crippen LogP contribution in [0.25, 0.3) is 0 Å². The van der Waals surface area contributed by atoms with E-state index in [1.165, 1.54) is 18.5 Å². The smallest absolute Gasteiger partial charge is 0.123 e. The summed E-state index contributed by atoms with van der Waals surface area (Å²) in [6.45, 7) is 7.14. The summed E-state index contributed by atoms with van der Waals surface area (Å²) < 4.78 is 10.8. The van der Waals surface area contributed by atoms with Crippen LogP contribution in [0.2, 0.25) is 0 Å². The summed E-state index contributed by atoms with van der Waals surface area (Å²) in [5.41, 5.74) is 1.25. The standard InChI is InChI=1S/C16H26N2O2/c1-17(8-5-9-18-10-12-20-13-11-18)14-15-6-3-4-7-16(15)19-2/h3-4,6-7H,5,8-14H2,1-2H3. The predicted octanol–water partition coefficient (Wildman–Crippen LogP) is 1.85. The average Bonchev–Trinajstić information content (AvgIpc) is 2.49. The topological polar surface area (TPSA) is 24.9 Å². The third-order valence-electron chi connectivity index (χ3n) is 3.75. The van der Waals surface area contributed by atoms with E-state index in [0.717, 1.165) is 45.1 Å². The fraction of sp³-hybridized carbons (Fsp3) is 0.625. The normalized spacial score (nSPS) is 16.6. The van der Waals surface area contributed by atoms with Gasteiger partial charge in [-0.2, -0.15) is 0 Å². The summed E-state index contributed by atoms with van der Waals surface area (Å²) in [5, 5.41) is 0. The number of benzene rings is 1. The molecule has 0 radical (unpaired) electrons. The highest BCUT2D eigenvalue weighted by Gasteiger charge is 2.10. The number of methoxy groups -OCH3 is 1. The van der Waals surface area contributed by atoms with E-state index in [2.05, 4.69) is 29.0 Å². The maximum absolute atomic E-state index is 5.40. The monoisotopic (exact) mass is 278 g/mol. The molecule has 1 aliphatic heterocycles. The highest BCUT2D eigenvalue weighted by molar-refractivity contribution is 5.32. The molecule has 0 aromatic heterocycles. The first-order chi connectivity index (χ1) is 9.79. The van der Waals surface area contributed by atoms with Crippen LogP contribution in [0, 0.1) is 0 Å². The molecule has 0 saturated carbocycles. The lowest BCUT2D eigenvalue weighted by Crippen LogP contribution is -2.37. The molecule has 1 aliphatic rings. The minimum Gasteiger partial charge on any atom is -0.496 e. The van der Waals surface area contributed by atoms with Crippen LogP contribution in [0.3, 0.4) is 0 Å². The quantitative estimate of drug-likeness (QED) is 0.760. The summed E-state index contributed by atoms with van der Waals surface area (Å²) in [4.78, 5) is 4.85. The molecule has 20 heavy (non-hydrogen) atoms. The van der Waals surface area contributed by atoms with Gasteiger partial charge in [-0.15, -0.1) is 0 Å². The first-order valence-corrected chi connectivity index (χ1v) is 7.40. The van der Waals surface area contributed by atoms with Crippen molar-refractivity contribution in [1.29, 1.82) is 0 Å². The molecule has 1 saturated heterocycles. The van der Waals surface area contributed by atoms with E-state index in [1.807, 2.05) is 12.1 Å². The van der Waals surface area contributed by atoms with Crippen molar-refractivity contribution in [3.8, 4) is 5.75 Å². The van der Waals surface area contributed by atoms with Crippen molar-refractivity contribution >= 4 is 0 Å². The van der Waals surface area contributed by atoms with Crippen molar-refractivity contribution in [3.05, 3.63) is 29.8 Å². The van der Waals surface area contributed by atoms with Gasteiger partial charge in [-0.25, -0.2) is 0 Å². The highest BCUT2D eigenvalue weighted by Crippen LogP contribution is 2.18. The Labute approximate surface area is 122 Å². The molecule has 0 unspecified atom stereocenters. The van der Waals surface area contributed by atoms with E-state index in [0.29, 0.717) is 0 Å². The summed E-state index contributed by atoms with van der Waals surface area (Å²) in [5.74, 6) is 0.979. The lowest BCUT2D eigenvalue weighted by atomic mass is 10.2. The molecule has 0 atom stereocenters. The van der Waals surface area contributed by atoms with Crippen LogP contribution in [0.4, 0.5) is 0 Å². The maximum atomic E-state index is 5.40. The molecule has 1 fully saturated rings. The van der Waals surface area contributed by atoms with Gasteiger partial charge in [0.15, 0.2) is 0 Å². The fourth-order valence-corrected chi connectivity index (χ4v) is 2.59. The van der Waals surface area contributed by atoms with E-state index in [1.54, 1.807) is 7.11 Å². The van der Waals surface area contributed by atoms with E-state index in [9.17, 15) is 0 Å². The van der Waals surface area contributed by atoms with Crippen molar-refractivity contribution < 1.29 is 9.47 Å². The average molecular weight is 278 g/mol. The van der Waals surface area contributed by atoms with Gasteiger partial charge in [-0.3, -0.25) is 4.90 Å². The molecule has 0 spiro atoms. The molecule has 2 rings (SSSR count). The Bertz CT molecular complexity index is 392. The van der Waals surface area contributed by atoms with Crippen LogP contribution < -0.4 is 4.74 Å². The minimum absolute atomic E-state index is 0.886. The second-order valence-electron chi connectivity index (χ2n) is 5.36. The number of rotatable bonds is 7. The zero-order valence-corrected chi connectivity index (χ0v) is 12.7. The van der Waals surface area contributed by atoms with Crippen LogP contribution in [-0.2, 0) is 11.3 Å². The third-order valence-corrected chi connectivity index (χ3v) is 3.75. The van der Waals surface area contributed by atoms with Gasteiger partial charge in [-0.1, -0.05) is 18.2 Å². The molecule has 1 aromatic rings. The van der Waals surface area contributed by atoms with Crippen molar-refractivity contribution in [3.63, 3.8) is 0 Å². The molecule has 0 amide bonds. The SMILES string of the molecule is COc1ccccc1CN(C)CCCN1CCOCC1. The summed E-state index contributed by atoms with van der Waals surface area (Å²) in [7, 11) is 3.91. The molecule has 0 bridgehead atoms. The Kier molecular flexibility index (Phi) is 6.30. The van der Waals surface area contributed by atoms with E-state index < -0.39 is 0 Å². The largest absolute Gasteiger partial charge is 0.496 e. The van der Waals surface area contributed by atoms with Gasteiger partial charge < -0.3 is 14.4 Å². The second kappa shape index (κ2) is 8.25. The van der Waals surface area contributed by atoms with E-state index >= 15 is 0 Å². The Morgan fingerprint density at radius 3 is 2.75 bits per heavy atom. The number of nitrogens with zero attached hydrogens (tertiary/aromatic N) is 2. The molecule has 1 heterocycles. The van der Waals surface area contributed by atoms with Crippen LogP contribution in [0.5, 0.6) is 5.75 Å². The number of para-hydroxylation sites is 1. The minimum atomic E-state index is 0.886. The number of morpholine rings is 1. The van der Waals surface area contributed by atoms with E-state index in [-0.39, 0.29) is 0 Å². The fourth-order valence-electron chi connectivity index (χ4n) is 2.59. The van der Waals surface area contributed by atoms with Gasteiger partial charge in [0.25, 0.3) is 0 Å². The molecule has 112 valence electrons. The van der Waals surface area contributed by atoms with Crippen LogP contribution in [0.1, 0.15) is 12.0 Å². The third kappa shape index (κ3) is 4.78. The lowest BCUT2D eigenvalue weighted by molar-refractivity contribution is 0.0363. The first kappa shape index (κ1) is 15.3. The number of hydrogen-bond acceptors (Lipinski definition) is 4. The van der Waals surface area contributed by atoms with Crippen LogP contribution in [0.15, 0.2) is 24.3 Å². The zero-order chi connectivity index (χ0) is 14.2. The summed E-state index contributed by atoms with van der Waals surface area (Å²) >= 11 is 0. The molecule has 4 heteroatoms. The van der Waals surface area contributed by atoms with Gasteiger partial charge >= 0.3 is 0 Å². The van der Waals surface area contributed by atoms with Gasteiger partial charge in [0.2, 0.25) is 0 Å². The van der Waals surface area contributed by atoms with Gasteiger partial charge in [0.05, 0.1) is 20.3 Å². The summed E-state index contributed by atoms with van der Waals surface area (Å²) in [6.07, 6.45) is 1.20. The Morgan fingerprint density at radius 1 is 1.25 bits per heavy atom. The Hall–Kier alpha value is -1.10. The van der Waals surface area contributed by atoms with Crippen LogP contribution >= 0.6 is 0 Å². The van der Waals surface area contributed by atoms with Gasteiger partial charge in [0, 0.05) is 25.2 Å². The number of hydrogen-bond donors (Lipinski definition) is 0. The van der Waals surface area contributed by atoms with Crippen molar-refractivity contribution in [2.24, 2.45) is 0 Å². The van der Waals surface area contributed by atoms with E-state index in [4.69, 9.17) is 9.47 Å². The molecular formula is C16H26N2O2. The number of ether oxygens (including phenoxy) is 2. The molecule has 0 aliphatic carbocycles. The molecular weight excluding hydrogens is 252 g/mol. The summed E-state index contributed by atoms with van der Waals surface area (Å²) in [6, 6.07) is 8.24. The maximum Gasteiger partial charge on any atom is 0.123 e. The zero-order valence-electron chi connectivity index (χ0n) is 12.7. The Morgan fingerprint density at radius 2 is 2.00 bits per heavy atom.